The molecule has 6 heteroatoms. The second-order valence-electron chi connectivity index (χ2n) is 8.11. The van der Waals surface area contributed by atoms with E-state index in [1.807, 2.05) is 39.8 Å². The number of hydrogen-bond acceptors (Lipinski definition) is 3. The number of amides is 2. The van der Waals surface area contributed by atoms with E-state index in [2.05, 4.69) is 10.6 Å². The predicted octanol–water partition coefficient (Wildman–Crippen LogP) is 3.81. The van der Waals surface area contributed by atoms with Crippen molar-refractivity contribution < 1.29 is 19.5 Å². The Kier molecular flexibility index (Phi) is 6.05. The number of anilines is 2. The van der Waals surface area contributed by atoms with Crippen LogP contribution < -0.4 is 10.6 Å². The predicted molar refractivity (Wildman–Crippen MR) is 101 cm³/mol. The molecule has 1 aromatic rings. The highest BCUT2D eigenvalue weighted by molar-refractivity contribution is 5.97. The van der Waals surface area contributed by atoms with Gasteiger partial charge in [-0.1, -0.05) is 26.8 Å². The van der Waals surface area contributed by atoms with E-state index < -0.39 is 11.4 Å². The van der Waals surface area contributed by atoms with Gasteiger partial charge in [0.25, 0.3) is 0 Å². The van der Waals surface area contributed by atoms with Crippen LogP contribution in [0.2, 0.25) is 0 Å². The van der Waals surface area contributed by atoms with Crippen LogP contribution in [0.5, 0.6) is 0 Å². The summed E-state index contributed by atoms with van der Waals surface area (Å²) in [5.74, 6) is -1.46. The minimum absolute atomic E-state index is 0.0868. The van der Waals surface area contributed by atoms with Gasteiger partial charge in [0.2, 0.25) is 11.8 Å². The SMILES string of the molecule is Cc1ccc(NC(=O)C(C)(C)C)cc1NC(=O)C1CCC(C(=O)O)CC1. The van der Waals surface area contributed by atoms with E-state index in [-0.39, 0.29) is 23.7 Å². The molecule has 0 radical (unpaired) electrons. The summed E-state index contributed by atoms with van der Waals surface area (Å²) in [6, 6.07) is 5.43. The Morgan fingerprint density at radius 3 is 2.12 bits per heavy atom. The molecule has 1 aliphatic carbocycles. The molecule has 26 heavy (non-hydrogen) atoms. The van der Waals surface area contributed by atoms with Crippen LogP contribution in [0.1, 0.15) is 52.0 Å². The standard InChI is InChI=1S/C20H28N2O4/c1-12-5-10-15(21-19(26)20(2,3)4)11-16(12)22-17(23)13-6-8-14(9-7-13)18(24)25/h5,10-11,13-14H,6-9H2,1-4H3,(H,21,26)(H,22,23)(H,24,25). The van der Waals surface area contributed by atoms with Crippen LogP contribution in [0.25, 0.3) is 0 Å². The molecule has 1 aliphatic rings. The van der Waals surface area contributed by atoms with E-state index in [1.165, 1.54) is 0 Å². The van der Waals surface area contributed by atoms with Crippen molar-refractivity contribution in [1.29, 1.82) is 0 Å². The second-order valence-corrected chi connectivity index (χ2v) is 8.11. The third-order valence-electron chi connectivity index (χ3n) is 4.88. The molecule has 0 saturated heterocycles. The van der Waals surface area contributed by atoms with Gasteiger partial charge in [-0.25, -0.2) is 0 Å². The summed E-state index contributed by atoms with van der Waals surface area (Å²) in [6.07, 6.45) is 2.24. The molecule has 0 bridgehead atoms. The van der Waals surface area contributed by atoms with Gasteiger partial charge < -0.3 is 15.7 Å². The highest BCUT2D eigenvalue weighted by Crippen LogP contribution is 2.30. The van der Waals surface area contributed by atoms with Gasteiger partial charge >= 0.3 is 5.97 Å². The number of carboxylic acid groups (broad SMARTS) is 1. The van der Waals surface area contributed by atoms with Gasteiger partial charge in [0.15, 0.2) is 0 Å². The van der Waals surface area contributed by atoms with Crippen LogP contribution in [0.15, 0.2) is 18.2 Å². The van der Waals surface area contributed by atoms with Crippen molar-refractivity contribution in [3.63, 3.8) is 0 Å². The fraction of sp³-hybridized carbons (Fsp3) is 0.550. The van der Waals surface area contributed by atoms with E-state index in [9.17, 15) is 14.4 Å². The number of benzene rings is 1. The largest absolute Gasteiger partial charge is 0.481 e. The van der Waals surface area contributed by atoms with Gasteiger partial charge in [0, 0.05) is 22.7 Å². The van der Waals surface area contributed by atoms with Crippen molar-refractivity contribution in [2.24, 2.45) is 17.3 Å². The summed E-state index contributed by atoms with van der Waals surface area (Å²) in [6.45, 7) is 7.42. The molecule has 0 spiro atoms. The fourth-order valence-electron chi connectivity index (χ4n) is 2.99. The Balaban J connectivity index is 2.02. The van der Waals surface area contributed by atoms with Crippen LogP contribution in [0.4, 0.5) is 11.4 Å². The van der Waals surface area contributed by atoms with Gasteiger partial charge in [-0.15, -0.1) is 0 Å². The van der Waals surface area contributed by atoms with Crippen LogP contribution >= 0.6 is 0 Å². The number of carbonyl (C=O) groups is 3. The van der Waals surface area contributed by atoms with Crippen molar-refractivity contribution in [3.8, 4) is 0 Å². The Hall–Kier alpha value is -2.37. The first kappa shape index (κ1) is 19.9. The summed E-state index contributed by atoms with van der Waals surface area (Å²) >= 11 is 0. The highest BCUT2D eigenvalue weighted by Gasteiger charge is 2.30. The molecule has 0 unspecified atom stereocenters. The summed E-state index contributed by atoms with van der Waals surface area (Å²) in [5.41, 5.74) is 1.71. The molecule has 0 aliphatic heterocycles. The lowest BCUT2D eigenvalue weighted by molar-refractivity contribution is -0.143. The first-order valence-corrected chi connectivity index (χ1v) is 9.03. The molecule has 3 N–H and O–H groups in total. The van der Waals surface area contributed by atoms with Crippen LogP contribution in [-0.2, 0) is 14.4 Å². The lowest BCUT2D eigenvalue weighted by atomic mass is 9.81. The Labute approximate surface area is 154 Å². The number of hydrogen-bond donors (Lipinski definition) is 3. The number of carboxylic acids is 1. The molecule has 2 rings (SSSR count). The van der Waals surface area contributed by atoms with Gasteiger partial charge in [-0.2, -0.15) is 0 Å². The molecule has 142 valence electrons. The highest BCUT2D eigenvalue weighted by atomic mass is 16.4. The first-order chi connectivity index (χ1) is 12.1. The van der Waals surface area contributed by atoms with E-state index in [1.54, 1.807) is 6.07 Å². The zero-order valence-corrected chi connectivity index (χ0v) is 15.9. The third kappa shape index (κ3) is 5.07. The molecular formula is C20H28N2O4. The molecule has 6 nitrogen and oxygen atoms in total. The first-order valence-electron chi connectivity index (χ1n) is 9.03. The molecule has 2 amide bonds. The molecule has 0 aromatic heterocycles. The zero-order chi connectivity index (χ0) is 19.5. The summed E-state index contributed by atoms with van der Waals surface area (Å²) in [7, 11) is 0. The molecule has 0 heterocycles. The van der Waals surface area contributed by atoms with Crippen molar-refractivity contribution >= 4 is 29.2 Å². The van der Waals surface area contributed by atoms with Crippen LogP contribution in [0, 0.1) is 24.2 Å². The number of carbonyl (C=O) groups excluding carboxylic acids is 2. The summed E-state index contributed by atoms with van der Waals surface area (Å²) < 4.78 is 0. The normalized spacial score (nSPS) is 20.3. The minimum atomic E-state index is -0.776. The molecule has 1 fully saturated rings. The van der Waals surface area contributed by atoms with Gasteiger partial charge in [0.05, 0.1) is 5.92 Å². The lowest BCUT2D eigenvalue weighted by Crippen LogP contribution is -2.30. The van der Waals surface area contributed by atoms with E-state index in [0.717, 1.165) is 5.56 Å². The van der Waals surface area contributed by atoms with Gasteiger partial charge in [0.1, 0.15) is 0 Å². The topological polar surface area (TPSA) is 95.5 Å². The average molecular weight is 360 g/mol. The van der Waals surface area contributed by atoms with Gasteiger partial charge in [-0.05, 0) is 50.3 Å². The van der Waals surface area contributed by atoms with Crippen molar-refractivity contribution in [2.45, 2.75) is 53.4 Å². The summed E-state index contributed by atoms with van der Waals surface area (Å²) in [5, 5.41) is 14.9. The second kappa shape index (κ2) is 7.89. The van der Waals surface area contributed by atoms with Crippen molar-refractivity contribution in [2.75, 3.05) is 10.6 Å². The van der Waals surface area contributed by atoms with Crippen molar-refractivity contribution in [3.05, 3.63) is 23.8 Å². The lowest BCUT2D eigenvalue weighted by Gasteiger charge is -2.25. The zero-order valence-electron chi connectivity index (χ0n) is 15.9. The smallest absolute Gasteiger partial charge is 0.306 e. The quantitative estimate of drug-likeness (QED) is 0.761. The number of rotatable bonds is 4. The third-order valence-corrected chi connectivity index (χ3v) is 4.88. The van der Waals surface area contributed by atoms with Crippen LogP contribution in [0.3, 0.4) is 0 Å². The minimum Gasteiger partial charge on any atom is -0.481 e. The van der Waals surface area contributed by atoms with Crippen molar-refractivity contribution in [1.82, 2.24) is 0 Å². The van der Waals surface area contributed by atoms with Crippen LogP contribution in [-0.4, -0.2) is 22.9 Å². The van der Waals surface area contributed by atoms with Gasteiger partial charge in [-0.3, -0.25) is 14.4 Å². The molecule has 0 atom stereocenters. The van der Waals surface area contributed by atoms with E-state index in [0.29, 0.717) is 37.1 Å². The maximum atomic E-state index is 12.5. The van der Waals surface area contributed by atoms with E-state index in [4.69, 9.17) is 5.11 Å². The molecule has 1 saturated carbocycles. The maximum absolute atomic E-state index is 12.5. The fourth-order valence-corrected chi connectivity index (χ4v) is 2.99. The molecule has 1 aromatic carbocycles. The number of nitrogens with one attached hydrogen (secondary N) is 2. The monoisotopic (exact) mass is 360 g/mol. The average Bonchev–Trinajstić information content (AvgIpc) is 2.57. The summed E-state index contributed by atoms with van der Waals surface area (Å²) in [4.78, 5) is 35.7. The number of aliphatic carboxylic acids is 1. The maximum Gasteiger partial charge on any atom is 0.306 e. The molecular weight excluding hydrogens is 332 g/mol. The van der Waals surface area contributed by atoms with E-state index >= 15 is 0 Å². The Morgan fingerprint density at radius 1 is 1.00 bits per heavy atom. The Bertz CT molecular complexity index is 698. The Morgan fingerprint density at radius 2 is 1.58 bits per heavy atom. The number of aryl methyl sites for hydroxylation is 1.